The Bertz CT molecular complexity index is 952. The molecule has 5 heteroatoms. The maximum absolute atomic E-state index is 13.5. The summed E-state index contributed by atoms with van der Waals surface area (Å²) in [5.41, 5.74) is 2.60. The molecule has 5 nitrogen and oxygen atoms in total. The van der Waals surface area contributed by atoms with Crippen LogP contribution in [0.4, 0.5) is 0 Å². The van der Waals surface area contributed by atoms with Crippen molar-refractivity contribution in [2.75, 3.05) is 19.6 Å². The fourth-order valence-electron chi connectivity index (χ4n) is 5.36. The lowest BCUT2D eigenvalue weighted by molar-refractivity contribution is -0.144. The van der Waals surface area contributed by atoms with Gasteiger partial charge in [-0.15, -0.1) is 6.58 Å². The summed E-state index contributed by atoms with van der Waals surface area (Å²) in [5, 5.41) is 3.04. The van der Waals surface area contributed by atoms with Gasteiger partial charge in [0.25, 0.3) is 0 Å². The number of nitrogens with one attached hydrogen (secondary N) is 1. The summed E-state index contributed by atoms with van der Waals surface area (Å²) in [5.74, 6) is 0.385. The summed E-state index contributed by atoms with van der Waals surface area (Å²) in [6.45, 7) is 5.40. The van der Waals surface area contributed by atoms with Gasteiger partial charge in [0, 0.05) is 43.5 Å². The van der Waals surface area contributed by atoms with Crippen molar-refractivity contribution in [2.45, 2.75) is 44.9 Å². The van der Waals surface area contributed by atoms with Gasteiger partial charge in [-0.1, -0.05) is 49.2 Å². The standard InChI is InChI=1S/C27H33N3O2/c1-2-15-29-26(32)27(14-8-17-30(20-27)25(31)21-9-3-4-10-21)18-22-11-5-6-13-24(22)23-12-7-16-28-19-23/h2,5-7,11-13,16,19,21H,1,3-4,8-10,14-15,17-18,20H2,(H,29,32)/t27-/m0/s1. The summed E-state index contributed by atoms with van der Waals surface area (Å²) in [6.07, 6.45) is 11.8. The molecule has 2 aromatic rings. The Kier molecular flexibility index (Phi) is 7.03. The van der Waals surface area contributed by atoms with Gasteiger partial charge in [-0.3, -0.25) is 14.6 Å². The summed E-state index contributed by atoms with van der Waals surface area (Å²) in [7, 11) is 0. The van der Waals surface area contributed by atoms with Gasteiger partial charge in [0.2, 0.25) is 11.8 Å². The molecule has 0 unspecified atom stereocenters. The van der Waals surface area contributed by atoms with Crippen molar-refractivity contribution in [1.29, 1.82) is 0 Å². The number of aromatic nitrogens is 1. The molecule has 1 aromatic carbocycles. The van der Waals surface area contributed by atoms with Crippen LogP contribution in [-0.4, -0.2) is 41.3 Å². The molecule has 1 saturated carbocycles. The Morgan fingerprint density at radius 1 is 1.16 bits per heavy atom. The Labute approximate surface area is 190 Å². The number of likely N-dealkylation sites (tertiary alicyclic amines) is 1. The molecular weight excluding hydrogens is 398 g/mol. The first-order valence-electron chi connectivity index (χ1n) is 11.8. The van der Waals surface area contributed by atoms with E-state index in [9.17, 15) is 9.59 Å². The zero-order chi connectivity index (χ0) is 22.4. The SMILES string of the molecule is C=CCNC(=O)[C@]1(Cc2ccccc2-c2cccnc2)CCCN(C(=O)C2CCCC2)C1. The Hall–Kier alpha value is -2.95. The van der Waals surface area contributed by atoms with Gasteiger partial charge in [0.1, 0.15) is 0 Å². The molecule has 1 aromatic heterocycles. The van der Waals surface area contributed by atoms with E-state index in [4.69, 9.17) is 0 Å². The smallest absolute Gasteiger partial charge is 0.228 e. The number of nitrogens with zero attached hydrogens (tertiary/aromatic N) is 2. The minimum absolute atomic E-state index is 0.0160. The van der Waals surface area contributed by atoms with E-state index in [0.717, 1.165) is 61.8 Å². The third-order valence-electron chi connectivity index (χ3n) is 7.00. The van der Waals surface area contributed by atoms with Crippen molar-refractivity contribution in [1.82, 2.24) is 15.2 Å². The highest BCUT2D eigenvalue weighted by molar-refractivity contribution is 5.86. The third kappa shape index (κ3) is 4.77. The number of hydrogen-bond acceptors (Lipinski definition) is 3. The van der Waals surface area contributed by atoms with Crippen LogP contribution in [0.15, 0.2) is 61.4 Å². The number of amides is 2. The average Bonchev–Trinajstić information content (AvgIpc) is 3.38. The predicted octanol–water partition coefficient (Wildman–Crippen LogP) is 4.39. The van der Waals surface area contributed by atoms with Crippen molar-refractivity contribution in [3.8, 4) is 11.1 Å². The molecule has 0 spiro atoms. The van der Waals surface area contributed by atoms with Crippen LogP contribution in [0.3, 0.4) is 0 Å². The van der Waals surface area contributed by atoms with Gasteiger partial charge < -0.3 is 10.2 Å². The van der Waals surface area contributed by atoms with Crippen LogP contribution in [0.2, 0.25) is 0 Å². The maximum atomic E-state index is 13.5. The first-order valence-corrected chi connectivity index (χ1v) is 11.8. The molecule has 0 radical (unpaired) electrons. The Morgan fingerprint density at radius 3 is 2.72 bits per heavy atom. The number of benzene rings is 1. The van der Waals surface area contributed by atoms with Crippen molar-refractivity contribution in [3.63, 3.8) is 0 Å². The second-order valence-electron chi connectivity index (χ2n) is 9.20. The quantitative estimate of drug-likeness (QED) is 0.661. The zero-order valence-corrected chi connectivity index (χ0v) is 18.8. The second kappa shape index (κ2) is 10.1. The van der Waals surface area contributed by atoms with Crippen molar-refractivity contribution in [3.05, 3.63) is 67.0 Å². The first-order chi connectivity index (χ1) is 15.6. The summed E-state index contributed by atoms with van der Waals surface area (Å²) >= 11 is 0. The van der Waals surface area contributed by atoms with Gasteiger partial charge in [-0.25, -0.2) is 0 Å². The molecule has 32 heavy (non-hydrogen) atoms. The van der Waals surface area contributed by atoms with Gasteiger partial charge in [-0.05, 0) is 49.3 Å². The predicted molar refractivity (Wildman–Crippen MR) is 127 cm³/mol. The average molecular weight is 432 g/mol. The molecule has 4 rings (SSSR count). The van der Waals surface area contributed by atoms with Crippen LogP contribution in [0.5, 0.6) is 0 Å². The van der Waals surface area contributed by atoms with E-state index < -0.39 is 5.41 Å². The van der Waals surface area contributed by atoms with Crippen LogP contribution >= 0.6 is 0 Å². The molecule has 2 heterocycles. The first kappa shape index (κ1) is 22.3. The fraction of sp³-hybridized carbons (Fsp3) is 0.444. The summed E-state index contributed by atoms with van der Waals surface area (Å²) in [6, 6.07) is 12.2. The van der Waals surface area contributed by atoms with Crippen LogP contribution in [0.1, 0.15) is 44.1 Å². The third-order valence-corrected chi connectivity index (χ3v) is 7.00. The van der Waals surface area contributed by atoms with Crippen molar-refractivity contribution >= 4 is 11.8 Å². The lowest BCUT2D eigenvalue weighted by atomic mass is 9.73. The monoisotopic (exact) mass is 431 g/mol. The number of pyridine rings is 1. The highest BCUT2D eigenvalue weighted by atomic mass is 16.2. The molecular formula is C27H33N3O2. The highest BCUT2D eigenvalue weighted by Gasteiger charge is 2.44. The maximum Gasteiger partial charge on any atom is 0.228 e. The molecule has 2 amide bonds. The lowest BCUT2D eigenvalue weighted by Crippen LogP contribution is -2.55. The van der Waals surface area contributed by atoms with Crippen molar-refractivity contribution in [2.24, 2.45) is 11.3 Å². The molecule has 0 bridgehead atoms. The van der Waals surface area contributed by atoms with Gasteiger partial charge in [-0.2, -0.15) is 0 Å². The van der Waals surface area contributed by atoms with Crippen LogP contribution < -0.4 is 5.32 Å². The topological polar surface area (TPSA) is 62.3 Å². The lowest BCUT2D eigenvalue weighted by Gasteiger charge is -2.43. The van der Waals surface area contributed by atoms with Gasteiger partial charge >= 0.3 is 0 Å². The van der Waals surface area contributed by atoms with E-state index in [1.165, 1.54) is 0 Å². The molecule has 1 atom stereocenters. The van der Waals surface area contributed by atoms with E-state index in [1.54, 1.807) is 12.3 Å². The zero-order valence-electron chi connectivity index (χ0n) is 18.8. The highest BCUT2D eigenvalue weighted by Crippen LogP contribution is 2.38. The van der Waals surface area contributed by atoms with Gasteiger partial charge in [0.05, 0.1) is 5.41 Å². The molecule has 1 saturated heterocycles. The minimum Gasteiger partial charge on any atom is -0.352 e. The Balaban J connectivity index is 1.65. The molecule has 1 aliphatic carbocycles. The number of rotatable bonds is 7. The number of hydrogen-bond donors (Lipinski definition) is 1. The normalized spacial score (nSPS) is 21.3. The number of piperidine rings is 1. The Morgan fingerprint density at radius 2 is 1.97 bits per heavy atom. The largest absolute Gasteiger partial charge is 0.352 e. The van der Waals surface area contributed by atoms with Crippen LogP contribution in [0.25, 0.3) is 11.1 Å². The number of carbonyl (C=O) groups excluding carboxylic acids is 2. The fourth-order valence-corrected chi connectivity index (χ4v) is 5.36. The van der Waals surface area contributed by atoms with E-state index in [1.807, 2.05) is 35.4 Å². The minimum atomic E-state index is -0.645. The van der Waals surface area contributed by atoms with Crippen molar-refractivity contribution < 1.29 is 9.59 Å². The van der Waals surface area contributed by atoms with E-state index in [2.05, 4.69) is 29.0 Å². The molecule has 2 aliphatic rings. The van der Waals surface area contributed by atoms with Crippen LogP contribution in [-0.2, 0) is 16.0 Å². The molecule has 1 aliphatic heterocycles. The summed E-state index contributed by atoms with van der Waals surface area (Å²) in [4.78, 5) is 33.0. The number of carbonyl (C=O) groups is 2. The molecule has 168 valence electrons. The van der Waals surface area contributed by atoms with E-state index >= 15 is 0 Å². The van der Waals surface area contributed by atoms with E-state index in [-0.39, 0.29) is 17.7 Å². The van der Waals surface area contributed by atoms with Crippen LogP contribution in [0, 0.1) is 11.3 Å². The molecule has 2 fully saturated rings. The molecule has 1 N–H and O–H groups in total. The van der Waals surface area contributed by atoms with E-state index in [0.29, 0.717) is 19.5 Å². The second-order valence-corrected chi connectivity index (χ2v) is 9.20. The summed E-state index contributed by atoms with van der Waals surface area (Å²) < 4.78 is 0. The van der Waals surface area contributed by atoms with Gasteiger partial charge in [0.15, 0.2) is 0 Å².